The van der Waals surface area contributed by atoms with Crippen LogP contribution in [0.1, 0.15) is 25.3 Å². The molecule has 0 atom stereocenters. The Morgan fingerprint density at radius 2 is 2.10 bits per heavy atom. The molecule has 1 fully saturated rings. The van der Waals surface area contributed by atoms with Gasteiger partial charge in [-0.05, 0) is 50.6 Å². The third-order valence-corrected chi connectivity index (χ3v) is 3.59. The van der Waals surface area contributed by atoms with Crippen LogP contribution in [0.5, 0.6) is 0 Å². The molecule has 5 nitrogen and oxygen atoms in total. The van der Waals surface area contributed by atoms with Gasteiger partial charge in [0, 0.05) is 25.5 Å². The highest BCUT2D eigenvalue weighted by atomic mass is 16.5. The lowest BCUT2D eigenvalue weighted by Gasteiger charge is -2.25. The molecule has 1 amide bonds. The largest absolute Gasteiger partial charge is 0.368 e. The van der Waals surface area contributed by atoms with Crippen LogP contribution in [0.3, 0.4) is 0 Å². The minimum atomic E-state index is 0.0582. The Kier molecular flexibility index (Phi) is 5.95. The normalized spacial score (nSPS) is 16.1. The van der Waals surface area contributed by atoms with Gasteiger partial charge in [-0.2, -0.15) is 0 Å². The van der Waals surface area contributed by atoms with Crippen molar-refractivity contribution in [2.75, 3.05) is 26.2 Å². The Bertz CT molecular complexity index is 405. The summed E-state index contributed by atoms with van der Waals surface area (Å²) < 4.78 is 5.72. The lowest BCUT2D eigenvalue weighted by Crippen LogP contribution is -2.37. The molecule has 2 heterocycles. The zero-order chi connectivity index (χ0) is 14.2. The predicted molar refractivity (Wildman–Crippen MR) is 77.2 cm³/mol. The third kappa shape index (κ3) is 4.58. The monoisotopic (exact) mass is 277 g/mol. The summed E-state index contributed by atoms with van der Waals surface area (Å²) in [5.74, 6) is 0.0582. The molecule has 0 aromatic carbocycles. The van der Waals surface area contributed by atoms with E-state index in [1.807, 2.05) is 24.0 Å². The number of piperidine rings is 1. The molecule has 0 aliphatic carbocycles. The molecule has 0 unspecified atom stereocenters. The Morgan fingerprint density at radius 1 is 1.40 bits per heavy atom. The number of nitrogens with one attached hydrogen (secondary N) is 1. The number of rotatable bonds is 6. The molecule has 1 aliphatic rings. The first-order valence-electron chi connectivity index (χ1n) is 7.28. The number of carbonyl (C=O) groups excluding carboxylic acids is 1. The predicted octanol–water partition coefficient (Wildman–Crippen LogP) is 1.20. The molecule has 1 saturated heterocycles. The Balaban J connectivity index is 1.79. The molecule has 1 aromatic heterocycles. The van der Waals surface area contributed by atoms with Gasteiger partial charge >= 0.3 is 0 Å². The molecule has 0 bridgehead atoms. The van der Waals surface area contributed by atoms with Crippen molar-refractivity contribution in [3.8, 4) is 0 Å². The van der Waals surface area contributed by atoms with Crippen molar-refractivity contribution < 1.29 is 9.53 Å². The van der Waals surface area contributed by atoms with E-state index >= 15 is 0 Å². The van der Waals surface area contributed by atoms with Crippen LogP contribution in [0.25, 0.3) is 0 Å². The zero-order valence-corrected chi connectivity index (χ0v) is 12.0. The van der Waals surface area contributed by atoms with E-state index in [4.69, 9.17) is 4.74 Å². The van der Waals surface area contributed by atoms with Crippen LogP contribution in [-0.2, 0) is 16.1 Å². The maximum Gasteiger partial charge on any atom is 0.248 e. The van der Waals surface area contributed by atoms with E-state index in [1.54, 1.807) is 12.4 Å². The van der Waals surface area contributed by atoms with Crippen molar-refractivity contribution in [1.82, 2.24) is 15.2 Å². The number of hydrogen-bond acceptors (Lipinski definition) is 4. The number of amides is 1. The first-order valence-corrected chi connectivity index (χ1v) is 7.28. The number of ether oxygens (including phenoxy) is 1. The summed E-state index contributed by atoms with van der Waals surface area (Å²) in [5.41, 5.74) is 1.09. The van der Waals surface area contributed by atoms with Crippen LogP contribution >= 0.6 is 0 Å². The van der Waals surface area contributed by atoms with E-state index < -0.39 is 0 Å². The van der Waals surface area contributed by atoms with Gasteiger partial charge in [0.25, 0.3) is 0 Å². The Hall–Kier alpha value is -1.46. The molecule has 0 spiro atoms. The van der Waals surface area contributed by atoms with Crippen molar-refractivity contribution >= 4 is 5.91 Å². The topological polar surface area (TPSA) is 54.5 Å². The highest BCUT2D eigenvalue weighted by molar-refractivity contribution is 5.77. The second-order valence-electron chi connectivity index (χ2n) is 5.02. The quantitative estimate of drug-likeness (QED) is 0.849. The van der Waals surface area contributed by atoms with Gasteiger partial charge in [-0.25, -0.2) is 0 Å². The summed E-state index contributed by atoms with van der Waals surface area (Å²) >= 11 is 0. The van der Waals surface area contributed by atoms with Crippen LogP contribution < -0.4 is 5.32 Å². The SMILES string of the molecule is CCN(Cc1ccncc1)C(=O)COC1CCNCC1. The summed E-state index contributed by atoms with van der Waals surface area (Å²) in [6.07, 6.45) is 5.70. The smallest absolute Gasteiger partial charge is 0.248 e. The van der Waals surface area contributed by atoms with Crippen LogP contribution in [0.4, 0.5) is 0 Å². The number of hydrogen-bond donors (Lipinski definition) is 1. The van der Waals surface area contributed by atoms with Crippen molar-refractivity contribution in [2.45, 2.75) is 32.4 Å². The molecule has 1 aliphatic heterocycles. The number of carbonyl (C=O) groups is 1. The fraction of sp³-hybridized carbons (Fsp3) is 0.600. The molecule has 1 aromatic rings. The van der Waals surface area contributed by atoms with E-state index in [0.29, 0.717) is 13.1 Å². The number of likely N-dealkylation sites (N-methyl/N-ethyl adjacent to an activating group) is 1. The maximum atomic E-state index is 12.2. The molecular formula is C15H23N3O2. The molecule has 0 saturated carbocycles. The fourth-order valence-electron chi connectivity index (χ4n) is 2.33. The van der Waals surface area contributed by atoms with Crippen LogP contribution in [0.2, 0.25) is 0 Å². The van der Waals surface area contributed by atoms with Gasteiger partial charge in [0.1, 0.15) is 6.61 Å². The first kappa shape index (κ1) is 14.9. The second kappa shape index (κ2) is 7.97. The Morgan fingerprint density at radius 3 is 2.75 bits per heavy atom. The van der Waals surface area contributed by atoms with Gasteiger partial charge in [-0.1, -0.05) is 0 Å². The van der Waals surface area contributed by atoms with E-state index in [0.717, 1.165) is 31.5 Å². The summed E-state index contributed by atoms with van der Waals surface area (Å²) in [7, 11) is 0. The number of aromatic nitrogens is 1. The van der Waals surface area contributed by atoms with Crippen molar-refractivity contribution in [2.24, 2.45) is 0 Å². The van der Waals surface area contributed by atoms with Gasteiger partial charge in [0.15, 0.2) is 0 Å². The van der Waals surface area contributed by atoms with Gasteiger partial charge in [0.05, 0.1) is 6.10 Å². The van der Waals surface area contributed by atoms with E-state index in [2.05, 4.69) is 10.3 Å². The van der Waals surface area contributed by atoms with Crippen LogP contribution in [0, 0.1) is 0 Å². The minimum Gasteiger partial charge on any atom is -0.368 e. The standard InChI is InChI=1S/C15H23N3O2/c1-2-18(11-13-3-7-16-8-4-13)15(19)12-20-14-5-9-17-10-6-14/h3-4,7-8,14,17H,2,5-6,9-12H2,1H3. The minimum absolute atomic E-state index is 0.0582. The van der Waals surface area contributed by atoms with E-state index in [-0.39, 0.29) is 18.6 Å². The third-order valence-electron chi connectivity index (χ3n) is 3.59. The maximum absolute atomic E-state index is 12.2. The molecule has 2 rings (SSSR count). The molecular weight excluding hydrogens is 254 g/mol. The number of nitrogens with zero attached hydrogens (tertiary/aromatic N) is 2. The molecule has 110 valence electrons. The van der Waals surface area contributed by atoms with Gasteiger partial charge in [0.2, 0.25) is 5.91 Å². The van der Waals surface area contributed by atoms with Crippen molar-refractivity contribution in [1.29, 1.82) is 0 Å². The van der Waals surface area contributed by atoms with Crippen molar-refractivity contribution in [3.63, 3.8) is 0 Å². The van der Waals surface area contributed by atoms with Crippen molar-refractivity contribution in [3.05, 3.63) is 30.1 Å². The van der Waals surface area contributed by atoms with Crippen LogP contribution in [-0.4, -0.2) is 48.1 Å². The highest BCUT2D eigenvalue weighted by Crippen LogP contribution is 2.08. The molecule has 1 N–H and O–H groups in total. The van der Waals surface area contributed by atoms with Gasteiger partial charge < -0.3 is 15.0 Å². The Labute approximate surface area is 120 Å². The summed E-state index contributed by atoms with van der Waals surface area (Å²) in [6.45, 7) is 5.44. The average molecular weight is 277 g/mol. The van der Waals surface area contributed by atoms with Gasteiger partial charge in [-0.15, -0.1) is 0 Å². The lowest BCUT2D eigenvalue weighted by atomic mass is 10.1. The average Bonchev–Trinajstić information content (AvgIpc) is 2.52. The first-order chi connectivity index (χ1) is 9.79. The number of pyridine rings is 1. The molecule has 0 radical (unpaired) electrons. The van der Waals surface area contributed by atoms with Crippen LogP contribution in [0.15, 0.2) is 24.5 Å². The fourth-order valence-corrected chi connectivity index (χ4v) is 2.33. The van der Waals surface area contributed by atoms with E-state index in [9.17, 15) is 4.79 Å². The lowest BCUT2D eigenvalue weighted by molar-refractivity contribution is -0.139. The highest BCUT2D eigenvalue weighted by Gasteiger charge is 2.17. The summed E-state index contributed by atoms with van der Waals surface area (Å²) in [4.78, 5) is 18.0. The van der Waals surface area contributed by atoms with E-state index in [1.165, 1.54) is 0 Å². The molecule has 5 heteroatoms. The second-order valence-corrected chi connectivity index (χ2v) is 5.02. The summed E-state index contributed by atoms with van der Waals surface area (Å²) in [6, 6.07) is 3.87. The van der Waals surface area contributed by atoms with Gasteiger partial charge in [-0.3, -0.25) is 9.78 Å². The summed E-state index contributed by atoms with van der Waals surface area (Å²) in [5, 5.41) is 3.29. The molecule has 20 heavy (non-hydrogen) atoms. The zero-order valence-electron chi connectivity index (χ0n) is 12.0.